The third kappa shape index (κ3) is 3.76. The van der Waals surface area contributed by atoms with E-state index in [1.165, 1.54) is 29.0 Å². The lowest BCUT2D eigenvalue weighted by molar-refractivity contribution is 0.598. The van der Waals surface area contributed by atoms with Crippen LogP contribution in [0.4, 0.5) is 5.69 Å². The Labute approximate surface area is 161 Å². The largest absolute Gasteiger partial charge is 0.320 e. The molecule has 0 spiro atoms. The first kappa shape index (κ1) is 18.8. The molecule has 0 radical (unpaired) electrons. The number of benzene rings is 2. The van der Waals surface area contributed by atoms with Crippen LogP contribution < -0.4 is 9.94 Å². The van der Waals surface area contributed by atoms with Gasteiger partial charge in [0.15, 0.2) is 4.80 Å². The molecule has 136 valence electrons. The maximum absolute atomic E-state index is 11.7. The summed E-state index contributed by atoms with van der Waals surface area (Å²) in [5, 5.41) is 7.28. The fraction of sp³-hybridized carbons (Fsp3) is 0.167. The Morgan fingerprint density at radius 1 is 1.15 bits per heavy atom. The Morgan fingerprint density at radius 3 is 2.54 bits per heavy atom. The molecule has 0 bridgehead atoms. The number of thiazole rings is 1. The summed E-state index contributed by atoms with van der Waals surface area (Å²) < 4.78 is 25.3. The second kappa shape index (κ2) is 7.00. The summed E-state index contributed by atoms with van der Waals surface area (Å²) in [5.41, 5.74) is 4.73. The van der Waals surface area contributed by atoms with Gasteiger partial charge in [-0.25, -0.2) is 18.5 Å². The maximum Gasteiger partial charge on any atom is 0.239 e. The molecule has 1 aromatic heterocycles. The normalized spacial score (nSPS) is 12.6. The van der Waals surface area contributed by atoms with Crippen LogP contribution in [0.5, 0.6) is 0 Å². The number of nitrogens with two attached hydrogens (primary N) is 1. The lowest BCUT2D eigenvalue weighted by Crippen LogP contribution is -2.14. The molecule has 0 aliphatic heterocycles. The Morgan fingerprint density at radius 2 is 1.88 bits per heavy atom. The van der Waals surface area contributed by atoms with Crippen LogP contribution in [0.2, 0.25) is 5.02 Å². The Balaban J connectivity index is 2.12. The minimum Gasteiger partial charge on any atom is -0.320 e. The van der Waals surface area contributed by atoms with Crippen LogP contribution in [0.15, 0.2) is 51.7 Å². The summed E-state index contributed by atoms with van der Waals surface area (Å²) in [7, 11) is -2.00. The van der Waals surface area contributed by atoms with Gasteiger partial charge in [-0.3, -0.25) is 0 Å². The Kier molecular flexibility index (Phi) is 5.07. The average Bonchev–Trinajstić information content (AvgIpc) is 2.90. The van der Waals surface area contributed by atoms with Crippen LogP contribution in [0.25, 0.3) is 11.3 Å². The van der Waals surface area contributed by atoms with Crippen LogP contribution in [0, 0.1) is 13.8 Å². The zero-order valence-corrected chi connectivity index (χ0v) is 16.9. The predicted molar refractivity (Wildman–Crippen MR) is 106 cm³/mol. The lowest BCUT2D eigenvalue weighted by Gasteiger charge is -2.07. The molecule has 0 saturated carbocycles. The third-order valence-corrected chi connectivity index (χ3v) is 6.34. The molecule has 1 heterocycles. The number of rotatable bonds is 3. The molecule has 0 amide bonds. The first-order valence-electron chi connectivity index (χ1n) is 7.76. The van der Waals surface area contributed by atoms with E-state index in [-0.39, 0.29) is 9.92 Å². The molecule has 0 aliphatic rings. The van der Waals surface area contributed by atoms with E-state index in [0.717, 1.165) is 21.7 Å². The Hall–Kier alpha value is -1.93. The van der Waals surface area contributed by atoms with Crippen molar-refractivity contribution in [1.29, 1.82) is 0 Å². The van der Waals surface area contributed by atoms with E-state index in [9.17, 15) is 8.42 Å². The second-order valence-corrected chi connectivity index (χ2v) is 8.83. The van der Waals surface area contributed by atoms with Gasteiger partial charge in [0.05, 0.1) is 16.4 Å². The van der Waals surface area contributed by atoms with Crippen molar-refractivity contribution in [3.63, 3.8) is 0 Å². The summed E-state index contributed by atoms with van der Waals surface area (Å²) in [4.78, 5) is 5.45. The Bertz CT molecular complexity index is 1160. The summed E-state index contributed by atoms with van der Waals surface area (Å²) in [6.45, 7) is 4.07. The molecule has 2 aromatic carbocycles. The molecule has 3 rings (SSSR count). The molecule has 26 heavy (non-hydrogen) atoms. The van der Waals surface area contributed by atoms with Crippen LogP contribution in [-0.2, 0) is 17.1 Å². The van der Waals surface area contributed by atoms with Gasteiger partial charge in [-0.1, -0.05) is 35.4 Å². The van der Waals surface area contributed by atoms with Crippen molar-refractivity contribution in [1.82, 2.24) is 4.57 Å². The van der Waals surface area contributed by atoms with Gasteiger partial charge in [-0.2, -0.15) is 0 Å². The topological polar surface area (TPSA) is 77.4 Å². The SMILES string of the molecule is Cc1ccc(N=c2scc(-c3ccc(Cl)c(S(N)(=O)=O)c3)n2C)c(C)c1. The zero-order valence-electron chi connectivity index (χ0n) is 14.5. The zero-order chi connectivity index (χ0) is 19.1. The van der Waals surface area contributed by atoms with E-state index >= 15 is 0 Å². The highest BCUT2D eigenvalue weighted by atomic mass is 35.5. The monoisotopic (exact) mass is 407 g/mol. The highest BCUT2D eigenvalue weighted by molar-refractivity contribution is 7.89. The molecule has 8 heteroatoms. The number of primary sulfonamides is 1. The van der Waals surface area contributed by atoms with Gasteiger partial charge >= 0.3 is 0 Å². The second-order valence-electron chi connectivity index (χ2n) is 6.05. The standard InChI is InChI=1S/C18H18ClN3O2S2/c1-11-4-7-15(12(2)8-11)21-18-22(3)16(10-25-18)13-5-6-14(19)17(9-13)26(20,23)24/h4-10H,1-3H3,(H2,20,23,24). The molecule has 0 saturated heterocycles. The van der Waals surface area contributed by atoms with Gasteiger partial charge in [-0.15, -0.1) is 11.3 Å². The van der Waals surface area contributed by atoms with E-state index < -0.39 is 10.0 Å². The number of aromatic nitrogens is 1. The fourth-order valence-electron chi connectivity index (χ4n) is 2.65. The van der Waals surface area contributed by atoms with Crippen LogP contribution in [0.3, 0.4) is 0 Å². The van der Waals surface area contributed by atoms with Crippen molar-refractivity contribution >= 4 is 38.6 Å². The molecule has 5 nitrogen and oxygen atoms in total. The highest BCUT2D eigenvalue weighted by Gasteiger charge is 2.15. The van der Waals surface area contributed by atoms with Gasteiger partial charge in [-0.05, 0) is 37.6 Å². The first-order valence-corrected chi connectivity index (χ1v) is 10.6. The van der Waals surface area contributed by atoms with Crippen LogP contribution in [0.1, 0.15) is 11.1 Å². The van der Waals surface area contributed by atoms with Crippen LogP contribution in [-0.4, -0.2) is 13.0 Å². The molecule has 3 aromatic rings. The van der Waals surface area contributed by atoms with E-state index in [1.807, 2.05) is 43.0 Å². The smallest absolute Gasteiger partial charge is 0.239 e. The quantitative estimate of drug-likeness (QED) is 0.714. The summed E-state index contributed by atoms with van der Waals surface area (Å²) in [6, 6.07) is 10.9. The minimum absolute atomic E-state index is 0.0873. The van der Waals surface area contributed by atoms with Gasteiger partial charge < -0.3 is 4.57 Å². The third-order valence-electron chi connectivity index (χ3n) is 4.03. The predicted octanol–water partition coefficient (Wildman–Crippen LogP) is 3.90. The first-order chi connectivity index (χ1) is 12.2. The minimum atomic E-state index is -3.89. The number of hydrogen-bond donors (Lipinski definition) is 1. The molecular formula is C18H18ClN3O2S2. The number of hydrogen-bond acceptors (Lipinski definition) is 4. The molecule has 0 unspecified atom stereocenters. The van der Waals surface area contributed by atoms with Crippen molar-refractivity contribution in [3.8, 4) is 11.3 Å². The molecule has 2 N–H and O–H groups in total. The molecule has 0 aliphatic carbocycles. The van der Waals surface area contributed by atoms with Crippen LogP contribution >= 0.6 is 22.9 Å². The average molecular weight is 408 g/mol. The summed E-state index contributed by atoms with van der Waals surface area (Å²) in [6.07, 6.45) is 0. The van der Waals surface area contributed by atoms with Crippen molar-refractivity contribution in [2.75, 3.05) is 0 Å². The van der Waals surface area contributed by atoms with Crippen molar-refractivity contribution in [3.05, 3.63) is 62.7 Å². The van der Waals surface area contributed by atoms with Crippen molar-refractivity contribution < 1.29 is 8.42 Å². The highest BCUT2D eigenvalue weighted by Crippen LogP contribution is 2.28. The molecule has 0 atom stereocenters. The number of halogens is 1. The van der Waals surface area contributed by atoms with Gasteiger partial charge in [0.2, 0.25) is 10.0 Å². The lowest BCUT2D eigenvalue weighted by atomic mass is 10.1. The van der Waals surface area contributed by atoms with Gasteiger partial charge in [0.25, 0.3) is 0 Å². The maximum atomic E-state index is 11.7. The van der Waals surface area contributed by atoms with Gasteiger partial charge in [0, 0.05) is 18.0 Å². The number of aryl methyl sites for hydroxylation is 2. The molecule has 0 fully saturated rings. The number of sulfonamides is 1. The van der Waals surface area contributed by atoms with Crippen molar-refractivity contribution in [2.24, 2.45) is 17.2 Å². The van der Waals surface area contributed by atoms with E-state index in [4.69, 9.17) is 21.7 Å². The van der Waals surface area contributed by atoms with E-state index in [2.05, 4.69) is 6.07 Å². The van der Waals surface area contributed by atoms with Crippen molar-refractivity contribution in [2.45, 2.75) is 18.7 Å². The van der Waals surface area contributed by atoms with E-state index in [0.29, 0.717) is 5.56 Å². The van der Waals surface area contributed by atoms with Gasteiger partial charge in [0.1, 0.15) is 4.90 Å². The van der Waals surface area contributed by atoms with E-state index in [1.54, 1.807) is 6.07 Å². The fourth-order valence-corrected chi connectivity index (χ4v) is 4.64. The summed E-state index contributed by atoms with van der Waals surface area (Å²) >= 11 is 7.45. The number of nitrogens with zero attached hydrogens (tertiary/aromatic N) is 2. The summed E-state index contributed by atoms with van der Waals surface area (Å²) in [5.74, 6) is 0. The molecular weight excluding hydrogens is 390 g/mol.